The molecule has 0 spiro atoms. The van der Waals surface area contributed by atoms with Crippen molar-refractivity contribution in [3.05, 3.63) is 23.8 Å². The Hall–Kier alpha value is -1.71. The van der Waals surface area contributed by atoms with E-state index in [9.17, 15) is 9.90 Å². The van der Waals surface area contributed by atoms with Crippen LogP contribution in [0.15, 0.2) is 18.2 Å². The van der Waals surface area contributed by atoms with Crippen LogP contribution >= 0.6 is 0 Å². The minimum absolute atomic E-state index is 0.0834. The molecule has 1 aromatic carbocycles. The number of hydrogen-bond donors (Lipinski definition) is 2. The number of phenols is 1. The Morgan fingerprint density at radius 2 is 2.00 bits per heavy atom. The molecule has 2 rings (SSSR count). The lowest BCUT2D eigenvalue weighted by Gasteiger charge is -2.52. The second-order valence-corrected chi connectivity index (χ2v) is 6.39. The molecule has 0 saturated carbocycles. The maximum Gasteiger partial charge on any atom is 0.303 e. The summed E-state index contributed by atoms with van der Waals surface area (Å²) in [5, 5.41) is 18.6. The van der Waals surface area contributed by atoms with Crippen molar-refractivity contribution in [2.75, 3.05) is 0 Å². The second kappa shape index (κ2) is 4.69. The molecule has 4 heteroatoms. The number of carboxylic acid groups (broad SMARTS) is 1. The van der Waals surface area contributed by atoms with Gasteiger partial charge < -0.3 is 14.9 Å². The number of fused-ring (bicyclic) bond motifs is 1. The molecule has 2 unspecified atom stereocenters. The van der Waals surface area contributed by atoms with E-state index in [0.29, 0.717) is 6.42 Å². The van der Waals surface area contributed by atoms with E-state index < -0.39 is 11.6 Å². The molecule has 0 radical (unpaired) electrons. The van der Waals surface area contributed by atoms with Crippen LogP contribution in [0.1, 0.15) is 52.0 Å². The number of aromatic hydroxyl groups is 1. The normalized spacial score (nSPS) is 27.5. The highest BCUT2D eigenvalue weighted by Gasteiger charge is 2.51. The summed E-state index contributed by atoms with van der Waals surface area (Å²) in [5.74, 6) is 0.318. The molecule has 0 bridgehead atoms. The van der Waals surface area contributed by atoms with Gasteiger partial charge in [-0.2, -0.15) is 0 Å². The lowest BCUT2D eigenvalue weighted by atomic mass is 9.62. The molecule has 2 N–H and O–H groups in total. The molecule has 20 heavy (non-hydrogen) atoms. The van der Waals surface area contributed by atoms with Crippen LogP contribution in [0.25, 0.3) is 0 Å². The first-order valence-electron chi connectivity index (χ1n) is 6.91. The van der Waals surface area contributed by atoms with Crippen molar-refractivity contribution in [1.29, 1.82) is 0 Å². The molecule has 1 aliphatic heterocycles. The third kappa shape index (κ3) is 2.23. The van der Waals surface area contributed by atoms with Crippen molar-refractivity contribution < 1.29 is 19.7 Å². The number of rotatable bonds is 3. The van der Waals surface area contributed by atoms with Crippen LogP contribution in [-0.4, -0.2) is 21.8 Å². The van der Waals surface area contributed by atoms with E-state index in [2.05, 4.69) is 20.8 Å². The third-order valence-electron chi connectivity index (χ3n) is 5.06. The van der Waals surface area contributed by atoms with Crippen LogP contribution < -0.4 is 4.74 Å². The van der Waals surface area contributed by atoms with Crippen LogP contribution in [0.5, 0.6) is 11.5 Å². The average Bonchev–Trinajstić information content (AvgIpc) is 2.36. The van der Waals surface area contributed by atoms with E-state index in [4.69, 9.17) is 9.84 Å². The topological polar surface area (TPSA) is 66.8 Å². The average molecular weight is 278 g/mol. The number of benzene rings is 1. The monoisotopic (exact) mass is 278 g/mol. The van der Waals surface area contributed by atoms with Crippen molar-refractivity contribution >= 4 is 5.97 Å². The minimum atomic E-state index is -0.810. The zero-order valence-electron chi connectivity index (χ0n) is 12.4. The number of carbonyl (C=O) groups is 1. The van der Waals surface area contributed by atoms with Crippen LogP contribution in [0.3, 0.4) is 0 Å². The standard InChI is InChI=1S/C16H22O4/c1-10-12-9-11(17)5-6-13(12)20-16(4,15(10,2)3)8-7-14(18)19/h5-6,9-10,17H,7-8H2,1-4H3,(H,18,19). The first kappa shape index (κ1) is 14.7. The highest BCUT2D eigenvalue weighted by molar-refractivity contribution is 5.66. The van der Waals surface area contributed by atoms with Gasteiger partial charge in [-0.25, -0.2) is 0 Å². The number of carboxylic acids is 1. The predicted molar refractivity (Wildman–Crippen MR) is 76.2 cm³/mol. The summed E-state index contributed by atoms with van der Waals surface area (Å²) in [6, 6.07) is 5.09. The summed E-state index contributed by atoms with van der Waals surface area (Å²) in [6.07, 6.45) is 0.542. The van der Waals surface area contributed by atoms with Gasteiger partial charge >= 0.3 is 5.97 Å². The van der Waals surface area contributed by atoms with Gasteiger partial charge in [-0.15, -0.1) is 0 Å². The molecule has 110 valence electrons. The number of ether oxygens (including phenoxy) is 1. The van der Waals surface area contributed by atoms with E-state index in [1.54, 1.807) is 18.2 Å². The molecule has 0 amide bonds. The Labute approximate surface area is 119 Å². The Morgan fingerprint density at radius 1 is 1.35 bits per heavy atom. The molecular weight excluding hydrogens is 256 g/mol. The molecule has 1 heterocycles. The van der Waals surface area contributed by atoms with E-state index in [-0.39, 0.29) is 23.5 Å². The fraction of sp³-hybridized carbons (Fsp3) is 0.562. The summed E-state index contributed by atoms with van der Waals surface area (Å²) < 4.78 is 6.14. The Morgan fingerprint density at radius 3 is 2.60 bits per heavy atom. The molecule has 0 aromatic heterocycles. The summed E-state index contributed by atoms with van der Waals surface area (Å²) in [5.41, 5.74) is 0.195. The molecule has 1 aromatic rings. The maximum atomic E-state index is 10.9. The maximum absolute atomic E-state index is 10.9. The minimum Gasteiger partial charge on any atom is -0.508 e. The largest absolute Gasteiger partial charge is 0.508 e. The van der Waals surface area contributed by atoms with Crippen molar-refractivity contribution in [3.8, 4) is 11.5 Å². The molecule has 0 saturated heterocycles. The van der Waals surface area contributed by atoms with Crippen molar-refractivity contribution in [1.82, 2.24) is 0 Å². The molecule has 1 aliphatic rings. The molecule has 2 atom stereocenters. The zero-order valence-corrected chi connectivity index (χ0v) is 12.4. The van der Waals surface area contributed by atoms with Crippen molar-refractivity contribution in [2.24, 2.45) is 5.41 Å². The molecule has 4 nitrogen and oxygen atoms in total. The van der Waals surface area contributed by atoms with E-state index in [1.807, 2.05) is 6.92 Å². The summed E-state index contributed by atoms with van der Waals surface area (Å²) in [4.78, 5) is 10.9. The van der Waals surface area contributed by atoms with Gasteiger partial charge in [0.25, 0.3) is 0 Å². The van der Waals surface area contributed by atoms with Crippen molar-refractivity contribution in [3.63, 3.8) is 0 Å². The van der Waals surface area contributed by atoms with Crippen molar-refractivity contribution in [2.45, 2.75) is 52.1 Å². The van der Waals surface area contributed by atoms with E-state index in [1.165, 1.54) is 0 Å². The van der Waals surface area contributed by atoms with Gasteiger partial charge in [0.05, 0.1) is 0 Å². The first-order chi connectivity index (χ1) is 9.17. The van der Waals surface area contributed by atoms with Gasteiger partial charge in [0, 0.05) is 17.4 Å². The third-order valence-corrected chi connectivity index (χ3v) is 5.06. The van der Waals surface area contributed by atoms with Crippen LogP contribution in [0.2, 0.25) is 0 Å². The highest BCUT2D eigenvalue weighted by atomic mass is 16.5. The number of phenolic OH excluding ortho intramolecular Hbond substituents is 1. The number of aliphatic carboxylic acids is 1. The van der Waals surface area contributed by atoms with Crippen LogP contribution in [0, 0.1) is 5.41 Å². The van der Waals surface area contributed by atoms with Gasteiger partial charge in [0.15, 0.2) is 0 Å². The van der Waals surface area contributed by atoms with E-state index in [0.717, 1.165) is 11.3 Å². The molecular formula is C16H22O4. The smallest absolute Gasteiger partial charge is 0.303 e. The highest BCUT2D eigenvalue weighted by Crippen LogP contribution is 2.54. The van der Waals surface area contributed by atoms with Gasteiger partial charge in [0.1, 0.15) is 17.1 Å². The SMILES string of the molecule is CC1c2cc(O)ccc2OC(C)(CCC(=O)O)C1(C)C. The molecule has 0 aliphatic carbocycles. The fourth-order valence-electron chi connectivity index (χ4n) is 2.91. The summed E-state index contributed by atoms with van der Waals surface area (Å²) in [6.45, 7) is 8.25. The van der Waals surface area contributed by atoms with Crippen LogP contribution in [-0.2, 0) is 4.79 Å². The number of hydrogen-bond acceptors (Lipinski definition) is 3. The lowest BCUT2D eigenvalue weighted by Crippen LogP contribution is -2.52. The summed E-state index contributed by atoms with van der Waals surface area (Å²) in [7, 11) is 0. The van der Waals surface area contributed by atoms with Gasteiger partial charge in [-0.1, -0.05) is 20.8 Å². The first-order valence-corrected chi connectivity index (χ1v) is 6.91. The lowest BCUT2D eigenvalue weighted by molar-refractivity contribution is -0.140. The quantitative estimate of drug-likeness (QED) is 0.887. The summed E-state index contributed by atoms with van der Waals surface area (Å²) >= 11 is 0. The van der Waals surface area contributed by atoms with Gasteiger partial charge in [-0.3, -0.25) is 4.79 Å². The fourth-order valence-corrected chi connectivity index (χ4v) is 2.91. The Kier molecular flexibility index (Phi) is 3.44. The van der Waals surface area contributed by atoms with E-state index >= 15 is 0 Å². The van der Waals surface area contributed by atoms with Gasteiger partial charge in [-0.05, 0) is 37.5 Å². The Bertz CT molecular complexity index is 535. The van der Waals surface area contributed by atoms with Gasteiger partial charge in [0.2, 0.25) is 0 Å². The van der Waals surface area contributed by atoms with Crippen LogP contribution in [0.4, 0.5) is 0 Å². The second-order valence-electron chi connectivity index (χ2n) is 6.39. The zero-order chi connectivity index (χ0) is 15.1. The Balaban J connectivity index is 2.42. The predicted octanol–water partition coefficient (Wildman–Crippen LogP) is 3.54. The molecule has 0 fully saturated rings.